The first-order valence-electron chi connectivity index (χ1n) is 11.9. The Kier molecular flexibility index (Phi) is 6.37. The van der Waals surface area contributed by atoms with E-state index in [4.69, 9.17) is 0 Å². The smallest absolute Gasteiger partial charge is 0.123 e. The van der Waals surface area contributed by atoms with Gasteiger partial charge in [-0.1, -0.05) is 55.5 Å². The predicted molar refractivity (Wildman–Crippen MR) is 134 cm³/mol. The van der Waals surface area contributed by atoms with Crippen LogP contribution in [0.3, 0.4) is 0 Å². The van der Waals surface area contributed by atoms with Crippen molar-refractivity contribution in [2.24, 2.45) is 0 Å². The molecule has 4 aromatic rings. The van der Waals surface area contributed by atoms with Crippen molar-refractivity contribution in [2.45, 2.75) is 38.8 Å². The molecule has 1 atom stereocenters. The Morgan fingerprint density at radius 3 is 2.09 bits per heavy atom. The van der Waals surface area contributed by atoms with Gasteiger partial charge in [-0.2, -0.15) is 0 Å². The van der Waals surface area contributed by atoms with Gasteiger partial charge in [0.25, 0.3) is 0 Å². The van der Waals surface area contributed by atoms with Gasteiger partial charge in [-0.15, -0.1) is 0 Å². The van der Waals surface area contributed by atoms with Gasteiger partial charge in [-0.25, -0.2) is 9.97 Å². The molecule has 6 nitrogen and oxygen atoms in total. The normalized spacial score (nSPS) is 16.5. The monoisotopic (exact) mass is 440 g/mol. The van der Waals surface area contributed by atoms with Crippen molar-refractivity contribution < 1.29 is 0 Å². The van der Waals surface area contributed by atoms with Crippen LogP contribution in [0, 0.1) is 0 Å². The number of nitrogens with one attached hydrogen (secondary N) is 3. The largest absolute Gasteiger partial charge is 0.341 e. The summed E-state index contributed by atoms with van der Waals surface area (Å²) in [6, 6.07) is 17.8. The fourth-order valence-corrected chi connectivity index (χ4v) is 4.58. The summed E-state index contributed by atoms with van der Waals surface area (Å²) in [5.41, 5.74) is 6.84. The Morgan fingerprint density at radius 1 is 0.879 bits per heavy atom. The molecular formula is C27H32N6. The summed E-state index contributed by atoms with van der Waals surface area (Å²) < 4.78 is 0. The molecule has 1 unspecified atom stereocenters. The summed E-state index contributed by atoms with van der Waals surface area (Å²) in [7, 11) is 2.18. The number of benzene rings is 2. The minimum absolute atomic E-state index is 0.412. The van der Waals surface area contributed by atoms with E-state index in [1.807, 2.05) is 12.4 Å². The van der Waals surface area contributed by atoms with Crippen molar-refractivity contribution in [1.82, 2.24) is 30.2 Å². The molecule has 1 fully saturated rings. The topological polar surface area (TPSA) is 72.6 Å². The summed E-state index contributed by atoms with van der Waals surface area (Å²) in [6.45, 7) is 5.08. The molecule has 1 saturated heterocycles. The van der Waals surface area contributed by atoms with Crippen LogP contribution in [0.15, 0.2) is 60.9 Å². The Hall–Kier alpha value is -3.22. The lowest BCUT2D eigenvalue weighted by Gasteiger charge is -2.16. The van der Waals surface area contributed by atoms with E-state index in [9.17, 15) is 0 Å². The highest BCUT2D eigenvalue weighted by Crippen LogP contribution is 2.31. The van der Waals surface area contributed by atoms with Gasteiger partial charge < -0.3 is 15.3 Å². The molecule has 2 aromatic heterocycles. The highest BCUT2D eigenvalue weighted by atomic mass is 15.2. The Balaban J connectivity index is 1.26. The molecule has 6 heteroatoms. The van der Waals surface area contributed by atoms with Crippen molar-refractivity contribution in [3.8, 4) is 33.6 Å². The van der Waals surface area contributed by atoms with Gasteiger partial charge >= 0.3 is 0 Å². The van der Waals surface area contributed by atoms with Crippen molar-refractivity contribution in [1.29, 1.82) is 0 Å². The molecule has 2 aromatic carbocycles. The first-order valence-corrected chi connectivity index (χ1v) is 11.9. The number of aromatic amines is 2. The third-order valence-electron chi connectivity index (χ3n) is 6.50. The lowest BCUT2D eigenvalue weighted by atomic mass is 10.0. The molecule has 0 saturated carbocycles. The van der Waals surface area contributed by atoms with Crippen LogP contribution in [0.4, 0.5) is 0 Å². The van der Waals surface area contributed by atoms with Gasteiger partial charge in [0.05, 0.1) is 36.4 Å². The lowest BCUT2D eigenvalue weighted by Crippen LogP contribution is -2.18. The summed E-state index contributed by atoms with van der Waals surface area (Å²) in [4.78, 5) is 18.5. The number of H-pyrrole nitrogens is 2. The summed E-state index contributed by atoms with van der Waals surface area (Å²) in [6.07, 6.45) is 7.41. The van der Waals surface area contributed by atoms with Crippen LogP contribution < -0.4 is 5.32 Å². The van der Waals surface area contributed by atoms with Gasteiger partial charge in [0.2, 0.25) is 0 Å². The van der Waals surface area contributed by atoms with E-state index in [1.54, 1.807) is 0 Å². The van der Waals surface area contributed by atoms with Crippen molar-refractivity contribution >= 4 is 0 Å². The third-order valence-corrected chi connectivity index (χ3v) is 6.50. The maximum Gasteiger partial charge on any atom is 0.123 e. The van der Waals surface area contributed by atoms with Crippen LogP contribution in [-0.4, -0.2) is 45.0 Å². The lowest BCUT2D eigenvalue weighted by molar-refractivity contribution is 0.307. The molecule has 0 spiro atoms. The molecular weight excluding hydrogens is 408 g/mol. The van der Waals surface area contributed by atoms with Crippen molar-refractivity contribution in [3.05, 3.63) is 72.6 Å². The standard InChI is InChI=1S/C27H32N6/c1-3-14-28-18-26-29-16-23(31-26)21-10-6-19(7-11-21)20-8-12-22(13-9-20)24-17-30-27(32-24)25-5-4-15-33(25)2/h6-13,16-17,25,28H,3-5,14-15,18H2,1-2H3,(H,29,31)(H,30,32). The van der Waals surface area contributed by atoms with E-state index < -0.39 is 0 Å². The van der Waals surface area contributed by atoms with Crippen molar-refractivity contribution in [3.63, 3.8) is 0 Å². The second kappa shape index (κ2) is 9.73. The summed E-state index contributed by atoms with van der Waals surface area (Å²) >= 11 is 0. The van der Waals surface area contributed by atoms with Gasteiger partial charge in [0.15, 0.2) is 0 Å². The Morgan fingerprint density at radius 2 is 1.48 bits per heavy atom. The molecule has 5 rings (SSSR count). The zero-order chi connectivity index (χ0) is 22.6. The van der Waals surface area contributed by atoms with Crippen molar-refractivity contribution in [2.75, 3.05) is 20.1 Å². The Labute approximate surface area is 195 Å². The molecule has 33 heavy (non-hydrogen) atoms. The molecule has 3 N–H and O–H groups in total. The van der Waals surface area contributed by atoms with E-state index in [0.29, 0.717) is 6.04 Å². The predicted octanol–water partition coefficient (Wildman–Crippen LogP) is 5.40. The molecule has 1 aliphatic heterocycles. The van der Waals surface area contributed by atoms with Crippen LogP contribution in [0.2, 0.25) is 0 Å². The number of hydrogen-bond acceptors (Lipinski definition) is 4. The SMILES string of the molecule is CCCNCc1ncc(-c2ccc(-c3ccc(-c4cnc(C5CCCN5C)[nH]4)cc3)cc2)[nH]1. The van der Waals surface area contributed by atoms with Crippen LogP contribution in [-0.2, 0) is 6.54 Å². The maximum absolute atomic E-state index is 4.66. The zero-order valence-corrected chi connectivity index (χ0v) is 19.4. The highest BCUT2D eigenvalue weighted by Gasteiger charge is 2.25. The number of nitrogens with zero attached hydrogens (tertiary/aromatic N) is 3. The minimum Gasteiger partial charge on any atom is -0.341 e. The van der Waals surface area contributed by atoms with E-state index in [0.717, 1.165) is 60.2 Å². The fourth-order valence-electron chi connectivity index (χ4n) is 4.58. The first-order chi connectivity index (χ1) is 16.2. The van der Waals surface area contributed by atoms with E-state index in [1.165, 1.54) is 24.0 Å². The quantitative estimate of drug-likeness (QED) is 0.321. The highest BCUT2D eigenvalue weighted by molar-refractivity contribution is 5.71. The molecule has 0 radical (unpaired) electrons. The van der Waals surface area contributed by atoms with Crippen LogP contribution in [0.25, 0.3) is 33.6 Å². The minimum atomic E-state index is 0.412. The number of imidazole rings is 2. The summed E-state index contributed by atoms with van der Waals surface area (Å²) in [5.74, 6) is 2.05. The van der Waals surface area contributed by atoms with Gasteiger partial charge in [0, 0.05) is 0 Å². The second-order valence-corrected chi connectivity index (χ2v) is 8.90. The first kappa shape index (κ1) is 21.6. The van der Waals surface area contributed by atoms with Gasteiger partial charge in [0.1, 0.15) is 11.6 Å². The second-order valence-electron chi connectivity index (χ2n) is 8.90. The van der Waals surface area contributed by atoms with Gasteiger partial charge in [-0.05, 0) is 61.7 Å². The zero-order valence-electron chi connectivity index (χ0n) is 19.4. The number of hydrogen-bond donors (Lipinski definition) is 3. The average Bonchev–Trinajstić information content (AvgIpc) is 3.61. The maximum atomic E-state index is 4.66. The van der Waals surface area contributed by atoms with Crippen LogP contribution in [0.1, 0.15) is 43.9 Å². The molecule has 1 aliphatic rings. The van der Waals surface area contributed by atoms with Crippen LogP contribution in [0.5, 0.6) is 0 Å². The molecule has 170 valence electrons. The fraction of sp³-hybridized carbons (Fsp3) is 0.333. The average molecular weight is 441 g/mol. The van der Waals surface area contributed by atoms with E-state index >= 15 is 0 Å². The molecule has 0 bridgehead atoms. The number of aromatic nitrogens is 4. The van der Waals surface area contributed by atoms with E-state index in [2.05, 4.69) is 92.7 Å². The molecule has 0 amide bonds. The third kappa shape index (κ3) is 4.77. The van der Waals surface area contributed by atoms with Gasteiger partial charge in [-0.3, -0.25) is 4.90 Å². The molecule has 0 aliphatic carbocycles. The van der Waals surface area contributed by atoms with E-state index in [-0.39, 0.29) is 0 Å². The van der Waals surface area contributed by atoms with Crippen LogP contribution >= 0.6 is 0 Å². The Bertz CT molecular complexity index is 1170. The number of rotatable bonds is 8. The molecule has 3 heterocycles. The number of likely N-dealkylation sites (tertiary alicyclic amines) is 1. The summed E-state index contributed by atoms with van der Waals surface area (Å²) in [5, 5.41) is 3.38.